The lowest BCUT2D eigenvalue weighted by atomic mass is 10.1. The molecule has 1 aliphatic heterocycles. The van der Waals surface area contributed by atoms with Crippen molar-refractivity contribution in [3.63, 3.8) is 0 Å². The van der Waals surface area contributed by atoms with Crippen LogP contribution in [0.5, 0.6) is 0 Å². The summed E-state index contributed by atoms with van der Waals surface area (Å²) in [6.45, 7) is 4.85. The Kier molecular flexibility index (Phi) is 4.93. The molecule has 0 aliphatic carbocycles. The number of nitrogens with one attached hydrogen (secondary N) is 1. The molecule has 0 bridgehead atoms. The van der Waals surface area contributed by atoms with E-state index in [0.717, 1.165) is 32.5 Å². The topological polar surface area (TPSA) is 84.4 Å². The summed E-state index contributed by atoms with van der Waals surface area (Å²) < 4.78 is 34.9. The highest BCUT2D eigenvalue weighted by Crippen LogP contribution is 2.31. The highest BCUT2D eigenvalue weighted by Gasteiger charge is 2.35. The van der Waals surface area contributed by atoms with Gasteiger partial charge >= 0.3 is 0 Å². The zero-order valence-corrected chi connectivity index (χ0v) is 18.8. The summed E-state index contributed by atoms with van der Waals surface area (Å²) in [4.78, 5) is 9.02. The van der Waals surface area contributed by atoms with Gasteiger partial charge in [-0.2, -0.15) is 4.31 Å². The Balaban J connectivity index is 1.53. The molecule has 1 N–H and O–H groups in total. The van der Waals surface area contributed by atoms with Crippen molar-refractivity contribution < 1.29 is 13.2 Å². The molecule has 3 heterocycles. The standard InChI is InChI=1S/C22H22N4O3S2/c1-22(2)13-26(9-10-29-22)31(27,28)16-4-5-18-17(12-16)19(7-8-23-18)25-15-3-6-21-20(11-15)24-14-30-21/h3-8,11-12,14H,9-10,13H2,1-2H3,(H,23,25). The fourth-order valence-corrected chi connectivity index (χ4v) is 6.07. The molecule has 1 saturated heterocycles. The molecular formula is C22H22N4O3S2. The summed E-state index contributed by atoms with van der Waals surface area (Å²) in [5, 5.41) is 4.14. The minimum atomic E-state index is -3.65. The lowest BCUT2D eigenvalue weighted by molar-refractivity contribution is -0.0640. The van der Waals surface area contributed by atoms with Crippen LogP contribution in [0.15, 0.2) is 59.1 Å². The van der Waals surface area contributed by atoms with E-state index in [1.54, 1.807) is 35.7 Å². The third-order valence-corrected chi connectivity index (χ3v) is 8.00. The summed E-state index contributed by atoms with van der Waals surface area (Å²) in [5.41, 5.74) is 4.63. The molecule has 9 heteroatoms. The number of nitrogens with zero attached hydrogens (tertiary/aromatic N) is 3. The number of fused-ring (bicyclic) bond motifs is 2. The SMILES string of the molecule is CC1(C)CN(S(=O)(=O)c2ccc3nccc(Nc4ccc5scnc5c4)c3c2)CCO1. The van der Waals surface area contributed by atoms with Gasteiger partial charge in [-0.15, -0.1) is 11.3 Å². The number of pyridine rings is 1. The van der Waals surface area contributed by atoms with Gasteiger partial charge in [0.1, 0.15) is 0 Å². The van der Waals surface area contributed by atoms with Crippen LogP contribution in [0.3, 0.4) is 0 Å². The number of ether oxygens (including phenoxy) is 1. The van der Waals surface area contributed by atoms with Gasteiger partial charge in [0.2, 0.25) is 10.0 Å². The number of anilines is 2. The second-order valence-corrected chi connectivity index (χ2v) is 11.0. The molecule has 0 spiro atoms. The molecule has 7 nitrogen and oxygen atoms in total. The van der Waals surface area contributed by atoms with Gasteiger partial charge in [-0.05, 0) is 56.3 Å². The number of hydrogen-bond acceptors (Lipinski definition) is 7. The smallest absolute Gasteiger partial charge is 0.243 e. The maximum Gasteiger partial charge on any atom is 0.243 e. The first-order chi connectivity index (χ1) is 14.8. The van der Waals surface area contributed by atoms with Gasteiger partial charge in [0.25, 0.3) is 0 Å². The molecule has 31 heavy (non-hydrogen) atoms. The number of aromatic nitrogens is 2. The first kappa shape index (κ1) is 20.3. The molecule has 2 aromatic carbocycles. The van der Waals surface area contributed by atoms with Gasteiger partial charge in [0, 0.05) is 36.0 Å². The van der Waals surface area contributed by atoms with E-state index in [1.807, 2.05) is 43.6 Å². The Labute approximate surface area is 184 Å². The third kappa shape index (κ3) is 3.89. The molecule has 1 fully saturated rings. The number of hydrogen-bond donors (Lipinski definition) is 1. The van der Waals surface area contributed by atoms with Gasteiger partial charge < -0.3 is 10.1 Å². The minimum absolute atomic E-state index is 0.253. The maximum absolute atomic E-state index is 13.3. The van der Waals surface area contributed by atoms with Crippen molar-refractivity contribution in [2.75, 3.05) is 25.0 Å². The van der Waals surface area contributed by atoms with Crippen LogP contribution in [0.4, 0.5) is 11.4 Å². The molecule has 160 valence electrons. The Morgan fingerprint density at radius 3 is 2.81 bits per heavy atom. The van der Waals surface area contributed by atoms with Gasteiger partial charge in [-0.25, -0.2) is 13.4 Å². The van der Waals surface area contributed by atoms with Gasteiger partial charge in [-0.3, -0.25) is 4.98 Å². The molecular weight excluding hydrogens is 432 g/mol. The Bertz CT molecular complexity index is 1380. The largest absolute Gasteiger partial charge is 0.373 e. The summed E-state index contributed by atoms with van der Waals surface area (Å²) in [7, 11) is -3.65. The normalized spacial score (nSPS) is 17.2. The summed E-state index contributed by atoms with van der Waals surface area (Å²) in [6, 6.07) is 12.9. The Morgan fingerprint density at radius 1 is 1.10 bits per heavy atom. The number of morpholine rings is 1. The minimum Gasteiger partial charge on any atom is -0.373 e. The van der Waals surface area contributed by atoms with Crippen molar-refractivity contribution in [1.82, 2.24) is 14.3 Å². The second kappa shape index (κ2) is 7.52. The quantitative estimate of drug-likeness (QED) is 0.492. The second-order valence-electron chi connectivity index (χ2n) is 8.14. The van der Waals surface area contributed by atoms with Crippen LogP contribution in [-0.4, -0.2) is 48.0 Å². The molecule has 0 amide bonds. The predicted molar refractivity (Wildman–Crippen MR) is 123 cm³/mol. The van der Waals surface area contributed by atoms with Crippen molar-refractivity contribution in [3.05, 3.63) is 54.2 Å². The van der Waals surface area contributed by atoms with Crippen LogP contribution in [0, 0.1) is 0 Å². The van der Waals surface area contributed by atoms with Crippen molar-refractivity contribution in [2.45, 2.75) is 24.3 Å². The summed E-state index contributed by atoms with van der Waals surface area (Å²) in [6.07, 6.45) is 1.71. The van der Waals surface area contributed by atoms with Crippen LogP contribution >= 0.6 is 11.3 Å². The lowest BCUT2D eigenvalue weighted by Gasteiger charge is -2.37. The average molecular weight is 455 g/mol. The Morgan fingerprint density at radius 2 is 1.97 bits per heavy atom. The van der Waals surface area contributed by atoms with Gasteiger partial charge in [0.15, 0.2) is 0 Å². The molecule has 0 saturated carbocycles. The van der Waals surface area contributed by atoms with Crippen molar-refractivity contribution in [1.29, 1.82) is 0 Å². The van der Waals surface area contributed by atoms with Gasteiger partial charge in [0.05, 0.1) is 38.3 Å². The number of sulfonamides is 1. The van der Waals surface area contributed by atoms with Crippen LogP contribution in [0.1, 0.15) is 13.8 Å². The highest BCUT2D eigenvalue weighted by atomic mass is 32.2. The summed E-state index contributed by atoms with van der Waals surface area (Å²) >= 11 is 1.59. The number of thiazole rings is 1. The van der Waals surface area contributed by atoms with Crippen molar-refractivity contribution in [2.24, 2.45) is 0 Å². The first-order valence-corrected chi connectivity index (χ1v) is 12.3. The number of benzene rings is 2. The number of rotatable bonds is 4. The van der Waals surface area contributed by atoms with Crippen LogP contribution in [0.2, 0.25) is 0 Å². The maximum atomic E-state index is 13.3. The Hall–Kier alpha value is -2.59. The lowest BCUT2D eigenvalue weighted by Crippen LogP contribution is -2.50. The average Bonchev–Trinajstić information content (AvgIpc) is 3.21. The molecule has 5 rings (SSSR count). The van der Waals surface area contributed by atoms with Crippen molar-refractivity contribution >= 4 is 53.9 Å². The van der Waals surface area contributed by atoms with Gasteiger partial charge in [-0.1, -0.05) is 0 Å². The van der Waals surface area contributed by atoms with Crippen molar-refractivity contribution in [3.8, 4) is 0 Å². The van der Waals surface area contributed by atoms with E-state index in [4.69, 9.17) is 4.74 Å². The molecule has 0 unspecified atom stereocenters. The van der Waals surface area contributed by atoms with Crippen LogP contribution < -0.4 is 5.32 Å². The van der Waals surface area contributed by atoms with E-state index in [9.17, 15) is 8.42 Å². The van der Waals surface area contributed by atoms with E-state index >= 15 is 0 Å². The molecule has 4 aromatic rings. The monoisotopic (exact) mass is 454 g/mol. The zero-order chi connectivity index (χ0) is 21.6. The van der Waals surface area contributed by atoms with E-state index in [-0.39, 0.29) is 4.90 Å². The van der Waals surface area contributed by atoms with E-state index in [1.165, 1.54) is 4.31 Å². The fourth-order valence-electron chi connectivity index (χ4n) is 3.81. The predicted octanol–water partition coefficient (Wildman–Crippen LogP) is 4.39. The highest BCUT2D eigenvalue weighted by molar-refractivity contribution is 7.89. The zero-order valence-electron chi connectivity index (χ0n) is 17.2. The first-order valence-electron chi connectivity index (χ1n) is 9.95. The third-order valence-electron chi connectivity index (χ3n) is 5.35. The molecule has 1 aliphatic rings. The molecule has 0 radical (unpaired) electrons. The van der Waals surface area contributed by atoms with Crippen LogP contribution in [0.25, 0.3) is 21.1 Å². The molecule has 2 aromatic heterocycles. The van der Waals surface area contributed by atoms with E-state index in [2.05, 4.69) is 15.3 Å². The fraction of sp³-hybridized carbons (Fsp3) is 0.273. The summed E-state index contributed by atoms with van der Waals surface area (Å²) in [5.74, 6) is 0. The van der Waals surface area contributed by atoms with E-state index < -0.39 is 15.6 Å². The molecule has 0 atom stereocenters. The van der Waals surface area contributed by atoms with E-state index in [0.29, 0.717) is 19.7 Å². The van der Waals surface area contributed by atoms with Crippen LogP contribution in [-0.2, 0) is 14.8 Å².